The minimum atomic E-state index is -0.511. The smallest absolute Gasteiger partial charge is 0.234 e. The summed E-state index contributed by atoms with van der Waals surface area (Å²) in [7, 11) is 1.60. The molecule has 0 bridgehead atoms. The Labute approximate surface area is 169 Å². The van der Waals surface area contributed by atoms with E-state index in [1.54, 1.807) is 19.2 Å². The van der Waals surface area contributed by atoms with Crippen LogP contribution in [0.2, 0.25) is 0 Å². The number of ether oxygens (including phenoxy) is 2. The molecule has 2 aromatic rings. The minimum Gasteiger partial charge on any atom is -0.489 e. The molecule has 0 aromatic heterocycles. The molecule has 0 spiro atoms. The van der Waals surface area contributed by atoms with E-state index >= 15 is 0 Å². The van der Waals surface area contributed by atoms with Crippen LogP contribution in [0.25, 0.3) is 0 Å². The summed E-state index contributed by atoms with van der Waals surface area (Å²) in [6.07, 6.45) is -0.0510. The number of carbonyl (C=O) groups is 1. The third kappa shape index (κ3) is 5.46. The van der Waals surface area contributed by atoms with Gasteiger partial charge in [0.2, 0.25) is 12.3 Å². The van der Waals surface area contributed by atoms with E-state index in [2.05, 4.69) is 10.6 Å². The largest absolute Gasteiger partial charge is 0.489 e. The first-order valence-electron chi connectivity index (χ1n) is 9.29. The number of likely N-dealkylation sites (N-methyl/N-ethyl adjacent to an activating group) is 1. The molecule has 1 unspecified atom stereocenters. The molecule has 0 saturated carbocycles. The number of hydrogen-bond acceptors (Lipinski definition) is 6. The van der Waals surface area contributed by atoms with Gasteiger partial charge in [-0.2, -0.15) is 0 Å². The van der Waals surface area contributed by atoms with Crippen molar-refractivity contribution in [3.63, 3.8) is 0 Å². The molecule has 1 heterocycles. The van der Waals surface area contributed by atoms with Crippen LogP contribution in [0.4, 0.5) is 10.1 Å². The average molecular weight is 400 g/mol. The second-order valence-electron chi connectivity index (χ2n) is 6.60. The number of amides is 1. The van der Waals surface area contributed by atoms with Crippen LogP contribution in [0.1, 0.15) is 5.56 Å². The number of benzene rings is 2. The summed E-state index contributed by atoms with van der Waals surface area (Å²) in [5.74, 6) is 1.03. The zero-order chi connectivity index (χ0) is 20.6. The Bertz CT molecular complexity index is 860. The normalized spacial score (nSPS) is 15.4. The number of nitrogens with two attached hydrogens (primary N) is 1. The van der Waals surface area contributed by atoms with Crippen molar-refractivity contribution in [3.05, 3.63) is 66.0 Å². The molecule has 0 radical (unpaired) electrons. The first-order valence-corrected chi connectivity index (χ1v) is 9.29. The van der Waals surface area contributed by atoms with Crippen molar-refractivity contribution in [2.45, 2.75) is 12.9 Å². The number of nitrogens with zero attached hydrogens (tertiary/aromatic N) is 1. The van der Waals surface area contributed by atoms with Crippen LogP contribution < -0.4 is 25.8 Å². The van der Waals surface area contributed by atoms with Crippen molar-refractivity contribution < 1.29 is 18.7 Å². The topological polar surface area (TPSA) is 88.9 Å². The van der Waals surface area contributed by atoms with Gasteiger partial charge in [0.1, 0.15) is 12.4 Å². The maximum Gasteiger partial charge on any atom is 0.234 e. The molecule has 4 N–H and O–H groups in total. The SMILES string of the molecule is CNC(=O)CN(Cc1ccccc1)C1Nc2ccc(OC/C(=C/F)CN)cc2O1. The third-order valence-electron chi connectivity index (χ3n) is 4.50. The highest BCUT2D eigenvalue weighted by Crippen LogP contribution is 2.36. The molecule has 1 atom stereocenters. The predicted molar refractivity (Wildman–Crippen MR) is 109 cm³/mol. The quantitative estimate of drug-likeness (QED) is 0.598. The van der Waals surface area contributed by atoms with Crippen molar-refractivity contribution in [2.75, 3.05) is 32.1 Å². The molecular formula is C21H25FN4O3. The Morgan fingerprint density at radius 1 is 1.34 bits per heavy atom. The van der Waals surface area contributed by atoms with Crippen molar-refractivity contribution in [2.24, 2.45) is 5.73 Å². The Kier molecular flexibility index (Phi) is 7.04. The number of fused-ring (bicyclic) bond motifs is 1. The summed E-state index contributed by atoms with van der Waals surface area (Å²) in [6.45, 7) is 0.862. The van der Waals surface area contributed by atoms with Crippen molar-refractivity contribution in [1.29, 1.82) is 0 Å². The molecule has 1 aliphatic heterocycles. The molecular weight excluding hydrogens is 375 g/mol. The van der Waals surface area contributed by atoms with E-state index in [0.717, 1.165) is 11.3 Å². The first kappa shape index (κ1) is 20.6. The lowest BCUT2D eigenvalue weighted by Crippen LogP contribution is -2.46. The molecule has 0 aliphatic carbocycles. The van der Waals surface area contributed by atoms with Gasteiger partial charge in [-0.05, 0) is 17.7 Å². The van der Waals surface area contributed by atoms with Crippen LogP contribution in [0, 0.1) is 0 Å². The van der Waals surface area contributed by atoms with Crippen LogP contribution >= 0.6 is 0 Å². The van der Waals surface area contributed by atoms with Crippen molar-refractivity contribution in [1.82, 2.24) is 10.2 Å². The second kappa shape index (κ2) is 9.90. The number of anilines is 1. The molecule has 1 amide bonds. The molecule has 8 heteroatoms. The van der Waals surface area contributed by atoms with Crippen LogP contribution in [0.15, 0.2) is 60.4 Å². The highest BCUT2D eigenvalue weighted by atomic mass is 19.1. The minimum absolute atomic E-state index is 0.0689. The predicted octanol–water partition coefficient (Wildman–Crippen LogP) is 2.21. The fraction of sp³-hybridized carbons (Fsp3) is 0.286. The lowest BCUT2D eigenvalue weighted by molar-refractivity contribution is -0.123. The zero-order valence-electron chi connectivity index (χ0n) is 16.2. The molecule has 29 heavy (non-hydrogen) atoms. The maximum atomic E-state index is 12.6. The van der Waals surface area contributed by atoms with Gasteiger partial charge in [0.25, 0.3) is 0 Å². The third-order valence-corrected chi connectivity index (χ3v) is 4.50. The van der Waals surface area contributed by atoms with E-state index in [9.17, 15) is 9.18 Å². The van der Waals surface area contributed by atoms with Crippen LogP contribution in [-0.2, 0) is 11.3 Å². The Balaban J connectivity index is 1.70. The summed E-state index contributed by atoms with van der Waals surface area (Å²) in [5, 5.41) is 5.92. The lowest BCUT2D eigenvalue weighted by atomic mass is 10.2. The fourth-order valence-electron chi connectivity index (χ4n) is 2.87. The van der Waals surface area contributed by atoms with Crippen molar-refractivity contribution in [3.8, 4) is 11.5 Å². The summed E-state index contributed by atoms with van der Waals surface area (Å²) in [5.41, 5.74) is 7.66. The van der Waals surface area contributed by atoms with E-state index in [1.807, 2.05) is 41.3 Å². The van der Waals surface area contributed by atoms with E-state index < -0.39 is 6.35 Å². The van der Waals surface area contributed by atoms with Crippen molar-refractivity contribution >= 4 is 11.6 Å². The van der Waals surface area contributed by atoms with Gasteiger partial charge in [0.15, 0.2) is 5.75 Å². The van der Waals surface area contributed by atoms with Gasteiger partial charge >= 0.3 is 0 Å². The Morgan fingerprint density at radius 3 is 2.83 bits per heavy atom. The van der Waals surface area contributed by atoms with Gasteiger partial charge in [0.05, 0.1) is 18.6 Å². The van der Waals surface area contributed by atoms with Gasteiger partial charge < -0.3 is 25.8 Å². The van der Waals surface area contributed by atoms with E-state index in [-0.39, 0.29) is 25.6 Å². The molecule has 0 saturated heterocycles. The molecule has 2 aromatic carbocycles. The van der Waals surface area contributed by atoms with Gasteiger partial charge in [-0.25, -0.2) is 9.29 Å². The van der Waals surface area contributed by atoms with Crippen LogP contribution in [0.5, 0.6) is 11.5 Å². The van der Waals surface area contributed by atoms with E-state index in [0.29, 0.717) is 29.9 Å². The van der Waals surface area contributed by atoms with Gasteiger partial charge in [-0.3, -0.25) is 4.79 Å². The highest BCUT2D eigenvalue weighted by molar-refractivity contribution is 5.77. The zero-order valence-corrected chi connectivity index (χ0v) is 16.2. The summed E-state index contributed by atoms with van der Waals surface area (Å²) >= 11 is 0. The Hall–Kier alpha value is -3.10. The summed E-state index contributed by atoms with van der Waals surface area (Å²) < 4.78 is 24.2. The fourth-order valence-corrected chi connectivity index (χ4v) is 2.87. The number of hydrogen-bond donors (Lipinski definition) is 3. The molecule has 154 valence electrons. The van der Waals surface area contributed by atoms with E-state index in [4.69, 9.17) is 15.2 Å². The van der Waals surface area contributed by atoms with Gasteiger partial charge in [-0.1, -0.05) is 30.3 Å². The molecule has 7 nitrogen and oxygen atoms in total. The Morgan fingerprint density at radius 2 is 2.14 bits per heavy atom. The number of halogens is 1. The number of nitrogens with one attached hydrogen (secondary N) is 2. The first-order chi connectivity index (χ1) is 14.1. The van der Waals surface area contributed by atoms with Crippen LogP contribution in [0.3, 0.4) is 0 Å². The molecule has 3 rings (SSSR count). The van der Waals surface area contributed by atoms with E-state index in [1.165, 1.54) is 0 Å². The summed E-state index contributed by atoms with van der Waals surface area (Å²) in [4.78, 5) is 13.9. The second-order valence-corrected chi connectivity index (χ2v) is 6.60. The standard InChI is InChI=1S/C21H25FN4O3/c1-24-20(27)13-26(12-15-5-3-2-4-6-15)21-25-18-8-7-17(9-19(18)29-21)28-14-16(10-22)11-23/h2-10,21,25H,11-14,23H2,1H3,(H,24,27)/b16-10+. The highest BCUT2D eigenvalue weighted by Gasteiger charge is 2.29. The van der Waals surface area contributed by atoms with Gasteiger partial charge in [-0.15, -0.1) is 0 Å². The maximum absolute atomic E-state index is 12.6. The van der Waals surface area contributed by atoms with Gasteiger partial charge in [0, 0.05) is 31.8 Å². The molecule has 0 fully saturated rings. The number of carbonyl (C=O) groups excluding carboxylic acids is 1. The monoisotopic (exact) mass is 400 g/mol. The summed E-state index contributed by atoms with van der Waals surface area (Å²) in [6, 6.07) is 15.2. The van der Waals surface area contributed by atoms with Crippen LogP contribution in [-0.4, -0.2) is 43.9 Å². The lowest BCUT2D eigenvalue weighted by Gasteiger charge is -2.27. The average Bonchev–Trinajstić information content (AvgIpc) is 3.18. The molecule has 1 aliphatic rings. The number of rotatable bonds is 9.